The van der Waals surface area contributed by atoms with Crippen molar-refractivity contribution in [2.75, 3.05) is 4.90 Å². The molecule has 4 aromatic rings. The Labute approximate surface area is 201 Å². The summed E-state index contributed by atoms with van der Waals surface area (Å²) in [6, 6.07) is 23.7. The average Bonchev–Trinajstić information content (AvgIpc) is 3.32. The van der Waals surface area contributed by atoms with Gasteiger partial charge in [-0.15, -0.1) is 0 Å². The van der Waals surface area contributed by atoms with Crippen LogP contribution in [0.4, 0.5) is 5.69 Å². The Balaban J connectivity index is 1.61. The van der Waals surface area contributed by atoms with Crippen LogP contribution in [0.15, 0.2) is 89.9 Å². The summed E-state index contributed by atoms with van der Waals surface area (Å²) >= 11 is 5.57. The maximum absolute atomic E-state index is 13.7. The molecule has 0 saturated carbocycles. The fourth-order valence-electron chi connectivity index (χ4n) is 4.09. The Bertz CT molecular complexity index is 1470. The monoisotopic (exact) mass is 467 g/mol. The number of benzene rings is 3. The summed E-state index contributed by atoms with van der Waals surface area (Å²) in [5.74, 6) is -1.44. The van der Waals surface area contributed by atoms with E-state index >= 15 is 0 Å². The van der Waals surface area contributed by atoms with E-state index in [0.717, 1.165) is 21.4 Å². The number of aryl methyl sites for hydroxylation is 1. The number of aromatic nitrogens is 1. The molecule has 0 aliphatic carbocycles. The van der Waals surface area contributed by atoms with Crippen molar-refractivity contribution in [2.24, 2.45) is 4.99 Å². The number of carbonyl (C=O) groups is 1. The molecular formula is C27H21N3O3S. The number of fused-ring (bicyclic) bond motifs is 1. The molecule has 7 heteroatoms. The van der Waals surface area contributed by atoms with Crippen molar-refractivity contribution >= 4 is 51.6 Å². The van der Waals surface area contributed by atoms with Crippen molar-refractivity contribution in [2.45, 2.75) is 13.0 Å². The Hall–Kier alpha value is -4.23. The van der Waals surface area contributed by atoms with Crippen molar-refractivity contribution in [1.82, 2.24) is 4.57 Å². The predicted molar refractivity (Wildman–Crippen MR) is 139 cm³/mol. The highest BCUT2D eigenvalue weighted by Crippen LogP contribution is 2.38. The highest BCUT2D eigenvalue weighted by Gasteiger charge is 2.38. The molecule has 168 valence electrons. The van der Waals surface area contributed by atoms with Crippen LogP contribution in [0.25, 0.3) is 17.0 Å². The SMILES string of the molecule is Cc1ccc(N2C(=S)N=C(C(=O)n3c(O)c(O)c4ccccc43)C2/C=C/c2ccccc2)cc1. The molecule has 1 aliphatic heterocycles. The summed E-state index contributed by atoms with van der Waals surface area (Å²) in [4.78, 5) is 20.0. The van der Waals surface area contributed by atoms with Gasteiger partial charge in [0.15, 0.2) is 5.75 Å². The summed E-state index contributed by atoms with van der Waals surface area (Å²) in [6.07, 6.45) is 3.78. The van der Waals surface area contributed by atoms with Gasteiger partial charge in [-0.3, -0.25) is 4.79 Å². The number of hydrogen-bond donors (Lipinski definition) is 2. The quantitative estimate of drug-likeness (QED) is 0.397. The van der Waals surface area contributed by atoms with E-state index in [0.29, 0.717) is 10.9 Å². The zero-order valence-corrected chi connectivity index (χ0v) is 19.1. The first kappa shape index (κ1) is 21.6. The molecule has 0 radical (unpaired) electrons. The molecule has 3 aromatic carbocycles. The molecule has 0 bridgehead atoms. The minimum Gasteiger partial charge on any atom is -0.503 e. The third kappa shape index (κ3) is 3.66. The van der Waals surface area contributed by atoms with Crippen LogP contribution in [0.2, 0.25) is 0 Å². The third-order valence-corrected chi connectivity index (χ3v) is 6.10. The van der Waals surface area contributed by atoms with Crippen LogP contribution in [-0.2, 0) is 0 Å². The van der Waals surface area contributed by atoms with Gasteiger partial charge in [0.25, 0.3) is 5.91 Å². The van der Waals surface area contributed by atoms with Gasteiger partial charge in [0.05, 0.1) is 5.52 Å². The van der Waals surface area contributed by atoms with Gasteiger partial charge in [0.2, 0.25) is 11.0 Å². The van der Waals surface area contributed by atoms with Crippen LogP contribution in [-0.4, -0.2) is 37.6 Å². The number of rotatable bonds is 4. The van der Waals surface area contributed by atoms with E-state index in [2.05, 4.69) is 4.99 Å². The Kier molecular flexibility index (Phi) is 5.47. The summed E-state index contributed by atoms with van der Waals surface area (Å²) in [6.45, 7) is 2.00. The number of thiocarbonyl (C=S) groups is 1. The fraction of sp³-hybridized carbons (Fsp3) is 0.0741. The molecule has 1 unspecified atom stereocenters. The molecule has 5 rings (SSSR count). The minimum atomic E-state index is -0.606. The van der Waals surface area contributed by atoms with Crippen LogP contribution < -0.4 is 4.90 Å². The molecule has 0 fully saturated rings. The molecule has 0 spiro atoms. The number of aliphatic imine (C=N–C) groups is 1. The number of para-hydroxylation sites is 1. The molecule has 1 aliphatic rings. The lowest BCUT2D eigenvalue weighted by Gasteiger charge is -2.24. The lowest BCUT2D eigenvalue weighted by molar-refractivity contribution is 0.0983. The van der Waals surface area contributed by atoms with Gasteiger partial charge < -0.3 is 15.1 Å². The molecule has 34 heavy (non-hydrogen) atoms. The lowest BCUT2D eigenvalue weighted by Crippen LogP contribution is -2.40. The highest BCUT2D eigenvalue weighted by molar-refractivity contribution is 7.80. The van der Waals surface area contributed by atoms with Crippen molar-refractivity contribution in [3.63, 3.8) is 0 Å². The summed E-state index contributed by atoms with van der Waals surface area (Å²) in [5, 5.41) is 21.6. The zero-order valence-electron chi connectivity index (χ0n) is 18.3. The van der Waals surface area contributed by atoms with E-state index in [1.165, 1.54) is 0 Å². The van der Waals surface area contributed by atoms with E-state index in [1.807, 2.05) is 78.6 Å². The zero-order chi connectivity index (χ0) is 23.8. The molecule has 1 atom stereocenters. The van der Waals surface area contributed by atoms with Gasteiger partial charge in [-0.1, -0.05) is 72.3 Å². The first-order chi connectivity index (χ1) is 16.5. The second-order valence-corrected chi connectivity index (χ2v) is 8.39. The van der Waals surface area contributed by atoms with Crippen molar-refractivity contribution in [1.29, 1.82) is 0 Å². The molecule has 1 aromatic heterocycles. The molecular weight excluding hydrogens is 446 g/mol. The minimum absolute atomic E-state index is 0.147. The van der Waals surface area contributed by atoms with Gasteiger partial charge in [0, 0.05) is 11.1 Å². The number of nitrogens with zero attached hydrogens (tertiary/aromatic N) is 3. The van der Waals surface area contributed by atoms with Crippen LogP contribution in [0, 0.1) is 6.92 Å². The van der Waals surface area contributed by atoms with E-state index in [1.54, 1.807) is 24.3 Å². The summed E-state index contributed by atoms with van der Waals surface area (Å²) < 4.78 is 1.08. The van der Waals surface area contributed by atoms with Gasteiger partial charge in [-0.05, 0) is 49.0 Å². The third-order valence-electron chi connectivity index (χ3n) is 5.81. The first-order valence-corrected chi connectivity index (χ1v) is 11.1. The average molecular weight is 468 g/mol. The van der Waals surface area contributed by atoms with E-state index < -0.39 is 17.8 Å². The standard InChI is InChI=1S/C27H21N3O3S/c1-17-11-14-19(15-12-17)29-22(16-13-18-7-3-2-4-8-18)23(28-27(29)34)25(32)30-21-10-6-5-9-20(21)24(31)26(30)33/h2-16,22,31,33H,1H3/b16-13+. The van der Waals surface area contributed by atoms with Gasteiger partial charge in [-0.2, -0.15) is 0 Å². The number of carbonyl (C=O) groups excluding carboxylic acids is 1. The van der Waals surface area contributed by atoms with Gasteiger partial charge in [-0.25, -0.2) is 9.56 Å². The Morgan fingerprint density at radius 2 is 1.65 bits per heavy atom. The largest absolute Gasteiger partial charge is 0.503 e. The smallest absolute Gasteiger partial charge is 0.282 e. The van der Waals surface area contributed by atoms with Crippen LogP contribution >= 0.6 is 12.2 Å². The fourth-order valence-corrected chi connectivity index (χ4v) is 4.41. The van der Waals surface area contributed by atoms with Gasteiger partial charge >= 0.3 is 0 Å². The number of hydrogen-bond acceptors (Lipinski definition) is 4. The second kappa shape index (κ2) is 8.61. The Morgan fingerprint density at radius 1 is 0.971 bits per heavy atom. The lowest BCUT2D eigenvalue weighted by atomic mass is 10.1. The predicted octanol–water partition coefficient (Wildman–Crippen LogP) is 5.33. The normalized spacial score (nSPS) is 15.9. The van der Waals surface area contributed by atoms with Crippen molar-refractivity contribution in [3.05, 3.63) is 96.1 Å². The molecule has 2 N–H and O–H groups in total. The summed E-state index contributed by atoms with van der Waals surface area (Å²) in [7, 11) is 0. The van der Waals surface area contributed by atoms with Crippen molar-refractivity contribution < 1.29 is 15.0 Å². The first-order valence-electron chi connectivity index (χ1n) is 10.7. The number of aromatic hydroxyl groups is 2. The molecule has 0 amide bonds. The second-order valence-electron chi connectivity index (χ2n) is 8.03. The van der Waals surface area contributed by atoms with Crippen LogP contribution in [0.1, 0.15) is 15.9 Å². The van der Waals surface area contributed by atoms with Crippen LogP contribution in [0.3, 0.4) is 0 Å². The van der Waals surface area contributed by atoms with Crippen LogP contribution in [0.5, 0.6) is 11.6 Å². The number of anilines is 1. The topological polar surface area (TPSA) is 78.1 Å². The van der Waals surface area contributed by atoms with E-state index in [9.17, 15) is 15.0 Å². The molecule has 6 nitrogen and oxygen atoms in total. The molecule has 0 saturated heterocycles. The maximum Gasteiger partial charge on any atom is 0.282 e. The van der Waals surface area contributed by atoms with Gasteiger partial charge in [0.1, 0.15) is 11.8 Å². The summed E-state index contributed by atoms with van der Waals surface area (Å²) in [5.41, 5.74) is 3.39. The van der Waals surface area contributed by atoms with E-state index in [-0.39, 0.29) is 16.6 Å². The van der Waals surface area contributed by atoms with E-state index in [4.69, 9.17) is 12.2 Å². The maximum atomic E-state index is 13.7. The van der Waals surface area contributed by atoms with Crippen molar-refractivity contribution in [3.8, 4) is 11.6 Å². The molecule has 2 heterocycles. The Morgan fingerprint density at radius 3 is 2.38 bits per heavy atom. The highest BCUT2D eigenvalue weighted by atomic mass is 32.1.